The maximum atomic E-state index is 12.8. The molecule has 2 aromatic heterocycles. The third-order valence-corrected chi connectivity index (χ3v) is 5.66. The van der Waals surface area contributed by atoms with E-state index in [1.807, 2.05) is 42.5 Å². The number of H-pyrrole nitrogens is 1. The number of ether oxygens (including phenoxy) is 2. The Morgan fingerprint density at radius 2 is 2.00 bits per heavy atom. The molecule has 2 aromatic carbocycles. The van der Waals surface area contributed by atoms with Crippen molar-refractivity contribution in [3.63, 3.8) is 0 Å². The minimum absolute atomic E-state index is 0.164. The van der Waals surface area contributed by atoms with Crippen LogP contribution >= 0.6 is 11.6 Å². The number of amides is 1. The van der Waals surface area contributed by atoms with Gasteiger partial charge in [-0.15, -0.1) is 0 Å². The normalized spacial score (nSPS) is 13.6. The van der Waals surface area contributed by atoms with Crippen molar-refractivity contribution < 1.29 is 14.3 Å². The summed E-state index contributed by atoms with van der Waals surface area (Å²) in [6.45, 7) is 0.652. The Bertz CT molecular complexity index is 1280. The number of aromatic nitrogens is 2. The van der Waals surface area contributed by atoms with E-state index in [-0.39, 0.29) is 18.6 Å². The van der Waals surface area contributed by atoms with Gasteiger partial charge in [0.05, 0.1) is 23.8 Å². The summed E-state index contributed by atoms with van der Waals surface area (Å²) in [5.74, 6) is 0.559. The van der Waals surface area contributed by atoms with Crippen molar-refractivity contribution in [1.82, 2.24) is 15.3 Å². The molecule has 0 unspecified atom stereocenters. The minimum Gasteiger partial charge on any atom is -0.488 e. The molecule has 31 heavy (non-hydrogen) atoms. The number of carbonyl (C=O) groups is 1. The van der Waals surface area contributed by atoms with Crippen LogP contribution < -0.4 is 10.1 Å². The molecular formula is C24H22ClN3O3. The van der Waals surface area contributed by atoms with Gasteiger partial charge >= 0.3 is 0 Å². The van der Waals surface area contributed by atoms with Gasteiger partial charge in [-0.2, -0.15) is 0 Å². The van der Waals surface area contributed by atoms with E-state index in [9.17, 15) is 4.79 Å². The number of nitrogens with zero attached hydrogens (tertiary/aromatic N) is 1. The minimum atomic E-state index is -0.164. The van der Waals surface area contributed by atoms with Crippen LogP contribution in [0, 0.1) is 0 Å². The van der Waals surface area contributed by atoms with E-state index in [2.05, 4.69) is 15.3 Å². The fourth-order valence-corrected chi connectivity index (χ4v) is 4.05. The zero-order valence-electron chi connectivity index (χ0n) is 17.1. The highest BCUT2D eigenvalue weighted by Gasteiger charge is 2.27. The van der Waals surface area contributed by atoms with Gasteiger partial charge in [0.25, 0.3) is 5.91 Å². The molecule has 0 bridgehead atoms. The molecule has 1 fully saturated rings. The summed E-state index contributed by atoms with van der Waals surface area (Å²) >= 11 is 6.11. The molecule has 1 saturated carbocycles. The second kappa shape index (κ2) is 8.21. The largest absolute Gasteiger partial charge is 0.488 e. The highest BCUT2D eigenvalue weighted by Crippen LogP contribution is 2.36. The van der Waals surface area contributed by atoms with Gasteiger partial charge in [-0.1, -0.05) is 29.8 Å². The molecule has 0 atom stereocenters. The number of aromatic amines is 1. The van der Waals surface area contributed by atoms with Crippen LogP contribution in [0.2, 0.25) is 5.02 Å². The first-order chi connectivity index (χ1) is 15.1. The first-order valence-corrected chi connectivity index (χ1v) is 10.6. The molecule has 1 amide bonds. The third-order valence-electron chi connectivity index (χ3n) is 5.42. The van der Waals surface area contributed by atoms with Crippen LogP contribution in [0.5, 0.6) is 5.75 Å². The fraction of sp³-hybridized carbons (Fsp3) is 0.250. The van der Waals surface area contributed by atoms with Crippen LogP contribution in [0.25, 0.3) is 21.8 Å². The number of pyridine rings is 1. The molecule has 7 heteroatoms. The van der Waals surface area contributed by atoms with Crippen molar-refractivity contribution in [3.05, 3.63) is 70.5 Å². The van der Waals surface area contributed by atoms with Crippen LogP contribution in [0.15, 0.2) is 48.7 Å². The predicted octanol–water partition coefficient (Wildman–Crippen LogP) is 4.99. The summed E-state index contributed by atoms with van der Waals surface area (Å²) in [4.78, 5) is 20.7. The molecule has 0 radical (unpaired) electrons. The standard InChI is InChI=1S/C24H22ClN3O3/c1-30-13-17-21-19(11-26-23(17)24(29)27-16-8-9-16)28-18-6-3-7-20(22(18)21)31-12-14-4-2-5-15(25)10-14/h2-7,10-11,16,28H,8-9,12-13H2,1H3,(H,27,29). The number of methoxy groups -OCH3 is 1. The summed E-state index contributed by atoms with van der Waals surface area (Å²) in [6.07, 6.45) is 3.74. The molecule has 2 heterocycles. The third kappa shape index (κ3) is 3.96. The highest BCUT2D eigenvalue weighted by molar-refractivity contribution is 6.30. The van der Waals surface area contributed by atoms with Crippen LogP contribution in [0.1, 0.15) is 34.5 Å². The summed E-state index contributed by atoms with van der Waals surface area (Å²) in [5.41, 5.74) is 3.88. The molecular weight excluding hydrogens is 414 g/mol. The lowest BCUT2D eigenvalue weighted by Crippen LogP contribution is -2.27. The van der Waals surface area contributed by atoms with Gasteiger partial charge < -0.3 is 19.8 Å². The number of hydrogen-bond acceptors (Lipinski definition) is 4. The van der Waals surface area contributed by atoms with E-state index in [0.29, 0.717) is 17.3 Å². The second-order valence-corrected chi connectivity index (χ2v) is 8.21. The predicted molar refractivity (Wildman–Crippen MR) is 121 cm³/mol. The Kier molecular flexibility index (Phi) is 5.26. The second-order valence-electron chi connectivity index (χ2n) is 7.78. The number of fused-ring (bicyclic) bond motifs is 3. The molecule has 0 saturated heterocycles. The monoisotopic (exact) mass is 435 g/mol. The Labute approximate surface area is 184 Å². The van der Waals surface area contributed by atoms with Gasteiger partial charge in [0.2, 0.25) is 0 Å². The van der Waals surface area contributed by atoms with Crippen LogP contribution in [-0.2, 0) is 18.0 Å². The lowest BCUT2D eigenvalue weighted by molar-refractivity contribution is 0.0941. The van der Waals surface area contributed by atoms with Crippen molar-refractivity contribution in [2.24, 2.45) is 0 Å². The average Bonchev–Trinajstić information content (AvgIpc) is 3.49. The van der Waals surface area contributed by atoms with Crippen LogP contribution in [0.3, 0.4) is 0 Å². The van der Waals surface area contributed by atoms with Crippen molar-refractivity contribution in [2.45, 2.75) is 32.1 Å². The first-order valence-electron chi connectivity index (χ1n) is 10.2. The van der Waals surface area contributed by atoms with Crippen molar-refractivity contribution in [2.75, 3.05) is 7.11 Å². The number of nitrogens with one attached hydrogen (secondary N) is 2. The molecule has 2 N–H and O–H groups in total. The van der Waals surface area contributed by atoms with E-state index in [1.165, 1.54) is 0 Å². The molecule has 0 spiro atoms. The maximum Gasteiger partial charge on any atom is 0.270 e. The lowest BCUT2D eigenvalue weighted by Gasteiger charge is -2.12. The smallest absolute Gasteiger partial charge is 0.270 e. The van der Waals surface area contributed by atoms with E-state index >= 15 is 0 Å². The van der Waals surface area contributed by atoms with Gasteiger partial charge in [-0.3, -0.25) is 4.79 Å². The Morgan fingerprint density at radius 3 is 2.77 bits per heavy atom. The van der Waals surface area contributed by atoms with Crippen molar-refractivity contribution >= 4 is 39.3 Å². The number of halogens is 1. The number of rotatable bonds is 7. The molecule has 6 nitrogen and oxygen atoms in total. The van der Waals surface area contributed by atoms with Gasteiger partial charge in [0.1, 0.15) is 18.1 Å². The Hall–Kier alpha value is -3.09. The van der Waals surface area contributed by atoms with E-state index in [0.717, 1.165) is 51.5 Å². The van der Waals surface area contributed by atoms with Crippen LogP contribution in [-0.4, -0.2) is 29.0 Å². The molecule has 4 aromatic rings. The zero-order chi connectivity index (χ0) is 21.4. The summed E-state index contributed by atoms with van der Waals surface area (Å²) < 4.78 is 11.7. The quantitative estimate of drug-likeness (QED) is 0.429. The zero-order valence-corrected chi connectivity index (χ0v) is 17.8. The summed E-state index contributed by atoms with van der Waals surface area (Å²) in [6, 6.07) is 13.7. The first kappa shape index (κ1) is 19.8. The fourth-order valence-electron chi connectivity index (χ4n) is 3.84. The Morgan fingerprint density at radius 1 is 1.16 bits per heavy atom. The molecule has 5 rings (SSSR count). The van der Waals surface area contributed by atoms with E-state index < -0.39 is 0 Å². The van der Waals surface area contributed by atoms with Gasteiger partial charge in [-0.25, -0.2) is 4.98 Å². The maximum absolute atomic E-state index is 12.8. The van der Waals surface area contributed by atoms with Crippen molar-refractivity contribution in [1.29, 1.82) is 0 Å². The molecule has 1 aliphatic carbocycles. The van der Waals surface area contributed by atoms with Crippen molar-refractivity contribution in [3.8, 4) is 5.75 Å². The Balaban J connectivity index is 1.61. The highest BCUT2D eigenvalue weighted by atomic mass is 35.5. The average molecular weight is 436 g/mol. The van der Waals surface area contributed by atoms with Crippen LogP contribution in [0.4, 0.5) is 0 Å². The van der Waals surface area contributed by atoms with Gasteiger partial charge in [-0.05, 0) is 42.7 Å². The molecule has 1 aliphatic rings. The van der Waals surface area contributed by atoms with E-state index in [4.69, 9.17) is 21.1 Å². The van der Waals surface area contributed by atoms with E-state index in [1.54, 1.807) is 13.3 Å². The SMILES string of the molecule is COCc1c(C(=O)NC2CC2)ncc2[nH]c3cccc(OCc4cccc(Cl)c4)c3c12. The van der Waals surface area contributed by atoms with Gasteiger partial charge in [0.15, 0.2) is 0 Å². The molecule has 0 aliphatic heterocycles. The van der Waals surface area contributed by atoms with Gasteiger partial charge in [0, 0.05) is 34.5 Å². The molecule has 158 valence electrons. The lowest BCUT2D eigenvalue weighted by atomic mass is 10.0. The number of hydrogen-bond donors (Lipinski definition) is 2. The number of carbonyl (C=O) groups excluding carboxylic acids is 1. The topological polar surface area (TPSA) is 76.2 Å². The number of benzene rings is 2. The summed E-state index contributed by atoms with van der Waals surface area (Å²) in [5, 5.41) is 5.51. The summed E-state index contributed by atoms with van der Waals surface area (Å²) in [7, 11) is 1.62.